The Bertz CT molecular complexity index is 1970. The Kier molecular flexibility index (Phi) is 5.99. The van der Waals surface area contributed by atoms with Crippen molar-refractivity contribution in [2.45, 2.75) is 27.2 Å². The Balaban J connectivity index is 1.61. The number of Topliss-reactive ketones (excluding diaryl/α,β-unsaturated/α-hetero) is 6. The van der Waals surface area contributed by atoms with Crippen molar-refractivity contribution in [3.63, 3.8) is 0 Å². The monoisotopic (exact) mass is 576 g/mol. The summed E-state index contributed by atoms with van der Waals surface area (Å²) in [6.07, 6.45) is -0.523. The molecule has 0 saturated heterocycles. The Morgan fingerprint density at radius 3 is 1.63 bits per heavy atom. The van der Waals surface area contributed by atoms with Gasteiger partial charge in [0.1, 0.15) is 17.2 Å². The van der Waals surface area contributed by atoms with E-state index in [1.54, 1.807) is 0 Å². The molecule has 3 aromatic rings. The van der Waals surface area contributed by atoms with Gasteiger partial charge in [-0.25, -0.2) is 0 Å². The third-order valence-electron chi connectivity index (χ3n) is 8.98. The van der Waals surface area contributed by atoms with Gasteiger partial charge in [0.2, 0.25) is 0 Å². The summed E-state index contributed by atoms with van der Waals surface area (Å²) < 4.78 is 0. The van der Waals surface area contributed by atoms with E-state index < -0.39 is 69.7 Å². The Morgan fingerprint density at radius 1 is 0.605 bits per heavy atom. The number of phenolic OH excluding ortho intramolecular Hbond substituents is 3. The number of aromatic hydroxyl groups is 3. The van der Waals surface area contributed by atoms with E-state index in [2.05, 4.69) is 0 Å². The first-order valence-electron chi connectivity index (χ1n) is 13.5. The number of phenols is 3. The average molecular weight is 577 g/mol. The fourth-order valence-electron chi connectivity index (χ4n) is 6.73. The summed E-state index contributed by atoms with van der Waals surface area (Å²) in [5, 5.41) is 31.7. The highest BCUT2D eigenvalue weighted by Gasteiger charge is 2.57. The molecule has 0 aromatic heterocycles. The highest BCUT2D eigenvalue weighted by Crippen LogP contribution is 2.53. The van der Waals surface area contributed by atoms with Crippen LogP contribution in [0.4, 0.5) is 0 Å². The molecule has 3 aliphatic carbocycles. The molecule has 0 radical (unpaired) electrons. The molecule has 0 amide bonds. The maximum absolute atomic E-state index is 14.4. The molecule has 3 aromatic carbocycles. The van der Waals surface area contributed by atoms with Crippen molar-refractivity contribution in [2.24, 2.45) is 11.3 Å². The molecular formula is C34H24O9. The fraction of sp³-hybridized carbons (Fsp3) is 0.176. The summed E-state index contributed by atoms with van der Waals surface area (Å²) in [4.78, 5) is 83.4. The third kappa shape index (κ3) is 3.57. The van der Waals surface area contributed by atoms with Gasteiger partial charge in [0.15, 0.2) is 34.7 Å². The lowest BCUT2D eigenvalue weighted by molar-refractivity contribution is 0.0612. The summed E-state index contributed by atoms with van der Waals surface area (Å²) in [5.41, 5.74) is -3.75. The quantitative estimate of drug-likeness (QED) is 0.390. The average Bonchev–Trinajstić information content (AvgIpc) is 2.97. The van der Waals surface area contributed by atoms with E-state index in [0.717, 1.165) is 0 Å². The second-order valence-electron chi connectivity index (χ2n) is 11.2. The maximum Gasteiger partial charge on any atom is 0.194 e. The molecule has 43 heavy (non-hydrogen) atoms. The first-order valence-corrected chi connectivity index (χ1v) is 13.5. The zero-order valence-corrected chi connectivity index (χ0v) is 23.3. The minimum atomic E-state index is -2.07. The van der Waals surface area contributed by atoms with Gasteiger partial charge >= 0.3 is 0 Å². The largest absolute Gasteiger partial charge is 0.507 e. The van der Waals surface area contributed by atoms with Crippen LogP contribution in [0.1, 0.15) is 89.3 Å². The minimum absolute atomic E-state index is 0.00600. The molecule has 0 spiro atoms. The topological polar surface area (TPSA) is 163 Å². The van der Waals surface area contributed by atoms with Crippen LogP contribution in [0.3, 0.4) is 0 Å². The molecule has 2 atom stereocenters. The van der Waals surface area contributed by atoms with Gasteiger partial charge in [-0.15, -0.1) is 0 Å². The van der Waals surface area contributed by atoms with Crippen LogP contribution in [0, 0.1) is 11.3 Å². The lowest BCUT2D eigenvalue weighted by atomic mass is 9.55. The van der Waals surface area contributed by atoms with Crippen LogP contribution in [0.15, 0.2) is 76.9 Å². The van der Waals surface area contributed by atoms with Crippen LogP contribution in [0.5, 0.6) is 17.2 Å². The maximum atomic E-state index is 14.4. The standard InChI is InChI=1S/C34H24O9/c1-14-19(30(40)24-16(28(14)38)7-4-10-21(24)35)13-20-31(41)26-18(9-6-12-23(26)37)33(43)34(20,3)27-15(2)29(39)17-8-5-11-22(36)25(17)32(27)42/h4-12,20,35-37H,13H2,1-3H3/t20-,34-/m1/s1. The van der Waals surface area contributed by atoms with Crippen molar-refractivity contribution in [1.82, 2.24) is 0 Å². The van der Waals surface area contributed by atoms with Crippen LogP contribution in [-0.2, 0) is 0 Å². The molecule has 214 valence electrons. The van der Waals surface area contributed by atoms with Crippen LogP contribution in [0.2, 0.25) is 0 Å². The number of hydrogen-bond acceptors (Lipinski definition) is 9. The van der Waals surface area contributed by atoms with E-state index in [4.69, 9.17) is 0 Å². The Hall–Kier alpha value is -5.44. The lowest BCUT2D eigenvalue weighted by Crippen LogP contribution is -2.50. The zero-order chi connectivity index (χ0) is 31.1. The predicted octanol–water partition coefficient (Wildman–Crippen LogP) is 4.99. The van der Waals surface area contributed by atoms with Crippen molar-refractivity contribution in [2.75, 3.05) is 0 Å². The van der Waals surface area contributed by atoms with E-state index in [9.17, 15) is 44.1 Å². The molecule has 0 fully saturated rings. The van der Waals surface area contributed by atoms with Crippen molar-refractivity contribution in [1.29, 1.82) is 0 Å². The third-order valence-corrected chi connectivity index (χ3v) is 8.98. The SMILES string of the molecule is CC1=C(C[C@@H]2C(=O)c3c(O)cccc3C(=O)[C@@]2(C)C2=C(C)C(=O)c3cccc(O)c3C2=O)C(=O)c2c(O)cccc2C1=O. The highest BCUT2D eigenvalue weighted by atomic mass is 16.3. The van der Waals surface area contributed by atoms with E-state index in [0.29, 0.717) is 0 Å². The van der Waals surface area contributed by atoms with Crippen molar-refractivity contribution < 1.29 is 44.1 Å². The second kappa shape index (κ2) is 9.29. The second-order valence-corrected chi connectivity index (χ2v) is 11.2. The number of ketones is 6. The molecule has 3 aliphatic rings. The Morgan fingerprint density at radius 2 is 1.07 bits per heavy atom. The lowest BCUT2D eigenvalue weighted by Gasteiger charge is -2.43. The first kappa shape index (κ1) is 27.7. The molecule has 0 heterocycles. The summed E-state index contributed by atoms with van der Waals surface area (Å²) in [6.45, 7) is 4.08. The van der Waals surface area contributed by atoms with Crippen LogP contribution in [-0.4, -0.2) is 50.0 Å². The van der Waals surface area contributed by atoms with Crippen LogP contribution < -0.4 is 0 Å². The predicted molar refractivity (Wildman–Crippen MR) is 152 cm³/mol. The van der Waals surface area contributed by atoms with Crippen LogP contribution in [0.25, 0.3) is 0 Å². The molecule has 6 rings (SSSR count). The summed E-state index contributed by atoms with van der Waals surface area (Å²) in [6, 6.07) is 12.0. The molecule has 0 saturated carbocycles. The van der Waals surface area contributed by atoms with Crippen molar-refractivity contribution in [3.8, 4) is 17.2 Å². The van der Waals surface area contributed by atoms with Gasteiger partial charge in [0.25, 0.3) is 0 Å². The number of benzene rings is 3. The molecule has 0 aliphatic heterocycles. The van der Waals surface area contributed by atoms with Crippen molar-refractivity contribution >= 4 is 34.7 Å². The zero-order valence-electron chi connectivity index (χ0n) is 23.3. The number of carbonyl (C=O) groups is 6. The molecule has 9 nitrogen and oxygen atoms in total. The summed E-state index contributed by atoms with van der Waals surface area (Å²) in [5.74, 6) is -7.21. The number of fused-ring (bicyclic) bond motifs is 3. The highest BCUT2D eigenvalue weighted by molar-refractivity contribution is 6.33. The van der Waals surface area contributed by atoms with Gasteiger partial charge in [-0.2, -0.15) is 0 Å². The normalized spacial score (nSPS) is 21.7. The number of rotatable bonds is 3. The van der Waals surface area contributed by atoms with E-state index in [1.807, 2.05) is 0 Å². The number of carbonyl (C=O) groups excluding carboxylic acids is 6. The van der Waals surface area contributed by atoms with Gasteiger partial charge in [-0.05, 0) is 45.4 Å². The molecule has 9 heteroatoms. The van der Waals surface area contributed by atoms with Crippen LogP contribution >= 0.6 is 0 Å². The minimum Gasteiger partial charge on any atom is -0.507 e. The fourth-order valence-corrected chi connectivity index (χ4v) is 6.73. The molecule has 0 bridgehead atoms. The molecule has 3 N–H and O–H groups in total. The van der Waals surface area contributed by atoms with E-state index in [1.165, 1.54) is 75.4 Å². The summed E-state index contributed by atoms with van der Waals surface area (Å²) >= 11 is 0. The van der Waals surface area contributed by atoms with Gasteiger partial charge in [-0.1, -0.05) is 36.4 Å². The smallest absolute Gasteiger partial charge is 0.194 e. The molecule has 0 unspecified atom stereocenters. The van der Waals surface area contributed by atoms with E-state index in [-0.39, 0.29) is 55.7 Å². The van der Waals surface area contributed by atoms with Gasteiger partial charge < -0.3 is 15.3 Å². The van der Waals surface area contributed by atoms with E-state index >= 15 is 0 Å². The number of allylic oxidation sites excluding steroid dienone is 4. The number of hydrogen-bond donors (Lipinski definition) is 3. The molecular weight excluding hydrogens is 552 g/mol. The summed E-state index contributed by atoms with van der Waals surface area (Å²) in [7, 11) is 0. The first-order chi connectivity index (χ1) is 20.3. The van der Waals surface area contributed by atoms with Gasteiger partial charge in [0, 0.05) is 44.9 Å². The van der Waals surface area contributed by atoms with Crippen molar-refractivity contribution in [3.05, 3.63) is 110 Å². The van der Waals surface area contributed by atoms with Gasteiger partial charge in [-0.3, -0.25) is 28.8 Å². The van der Waals surface area contributed by atoms with Gasteiger partial charge in [0.05, 0.1) is 22.1 Å². The Labute approximate surface area is 244 Å².